The Balaban J connectivity index is 1.99. The number of nitrogens with zero attached hydrogens (tertiary/aromatic N) is 1. The first kappa shape index (κ1) is 15.1. The Labute approximate surface area is 131 Å². The second-order valence-electron chi connectivity index (χ2n) is 5.63. The summed E-state index contributed by atoms with van der Waals surface area (Å²) in [6.45, 7) is 2.25. The topological polar surface area (TPSA) is 57.6 Å². The van der Waals surface area contributed by atoms with Gasteiger partial charge in [-0.2, -0.15) is 4.31 Å². The van der Waals surface area contributed by atoms with Crippen molar-refractivity contribution in [1.82, 2.24) is 4.31 Å². The van der Waals surface area contributed by atoms with Gasteiger partial charge in [0, 0.05) is 12.6 Å². The average molecular weight is 317 g/mol. The van der Waals surface area contributed by atoms with Crippen molar-refractivity contribution in [3.8, 4) is 5.75 Å². The third kappa shape index (κ3) is 2.62. The number of aromatic hydroxyl groups is 1. The monoisotopic (exact) mass is 317 g/mol. The number of phenols is 1. The summed E-state index contributed by atoms with van der Waals surface area (Å²) in [4.78, 5) is 0.151. The second kappa shape index (κ2) is 5.74. The molecule has 0 aromatic heterocycles. The highest BCUT2D eigenvalue weighted by molar-refractivity contribution is 7.89. The van der Waals surface area contributed by atoms with Gasteiger partial charge in [0.05, 0.1) is 10.9 Å². The molecule has 1 aliphatic heterocycles. The molecule has 0 saturated carbocycles. The molecule has 116 valence electrons. The molecule has 2 aromatic rings. The molecule has 0 aliphatic carbocycles. The van der Waals surface area contributed by atoms with Gasteiger partial charge in [0.15, 0.2) is 0 Å². The summed E-state index contributed by atoms with van der Waals surface area (Å²) < 4.78 is 27.3. The predicted octanol–water partition coefficient (Wildman–Crippen LogP) is 3.23. The van der Waals surface area contributed by atoms with Crippen LogP contribution in [-0.2, 0) is 10.0 Å². The van der Waals surface area contributed by atoms with Crippen LogP contribution in [0.1, 0.15) is 30.0 Å². The Morgan fingerprint density at radius 3 is 2.55 bits per heavy atom. The van der Waals surface area contributed by atoms with E-state index in [2.05, 4.69) is 0 Å². The third-order valence-corrected chi connectivity index (χ3v) is 6.08. The third-order valence-electron chi connectivity index (χ3n) is 4.18. The average Bonchev–Trinajstić information content (AvgIpc) is 3.01. The van der Waals surface area contributed by atoms with Gasteiger partial charge in [-0.05, 0) is 37.0 Å². The van der Waals surface area contributed by atoms with Gasteiger partial charge in [-0.3, -0.25) is 0 Å². The van der Waals surface area contributed by atoms with Crippen LogP contribution in [0.5, 0.6) is 5.75 Å². The zero-order valence-corrected chi connectivity index (χ0v) is 13.3. The van der Waals surface area contributed by atoms with E-state index in [0.29, 0.717) is 12.1 Å². The molecule has 1 heterocycles. The van der Waals surface area contributed by atoms with Crippen LogP contribution in [0.25, 0.3) is 0 Å². The lowest BCUT2D eigenvalue weighted by molar-refractivity contribution is 0.396. The maximum Gasteiger partial charge on any atom is 0.243 e. The van der Waals surface area contributed by atoms with Gasteiger partial charge in [-0.25, -0.2) is 8.42 Å². The maximum absolute atomic E-state index is 12.9. The number of hydrogen-bond acceptors (Lipinski definition) is 3. The molecule has 2 aromatic carbocycles. The van der Waals surface area contributed by atoms with Gasteiger partial charge >= 0.3 is 0 Å². The van der Waals surface area contributed by atoms with Crippen LogP contribution >= 0.6 is 0 Å². The molecular weight excluding hydrogens is 298 g/mol. The second-order valence-corrected chi connectivity index (χ2v) is 7.52. The largest absolute Gasteiger partial charge is 0.508 e. The highest BCUT2D eigenvalue weighted by Crippen LogP contribution is 2.37. The first-order valence-corrected chi connectivity index (χ1v) is 8.80. The molecule has 0 amide bonds. The van der Waals surface area contributed by atoms with Crippen LogP contribution in [0.15, 0.2) is 53.4 Å². The molecule has 22 heavy (non-hydrogen) atoms. The van der Waals surface area contributed by atoms with E-state index >= 15 is 0 Å². The number of hydrogen-bond donors (Lipinski definition) is 1. The SMILES string of the molecule is Cc1ccc(S(=O)(=O)N2CCCC2c2ccccc2)cc1O. The smallest absolute Gasteiger partial charge is 0.243 e. The zero-order chi connectivity index (χ0) is 15.7. The van der Waals surface area contributed by atoms with Crippen molar-refractivity contribution in [2.24, 2.45) is 0 Å². The van der Waals surface area contributed by atoms with Crippen molar-refractivity contribution in [1.29, 1.82) is 0 Å². The summed E-state index contributed by atoms with van der Waals surface area (Å²) in [5, 5.41) is 9.81. The van der Waals surface area contributed by atoms with Crippen molar-refractivity contribution < 1.29 is 13.5 Å². The minimum atomic E-state index is -3.60. The molecule has 3 rings (SSSR count). The summed E-state index contributed by atoms with van der Waals surface area (Å²) in [5.41, 5.74) is 1.68. The van der Waals surface area contributed by atoms with E-state index in [1.165, 1.54) is 6.07 Å². The maximum atomic E-state index is 12.9. The molecule has 1 saturated heterocycles. The van der Waals surface area contributed by atoms with Gasteiger partial charge < -0.3 is 5.11 Å². The minimum Gasteiger partial charge on any atom is -0.508 e. The first-order valence-electron chi connectivity index (χ1n) is 7.36. The first-order chi connectivity index (χ1) is 10.5. The summed E-state index contributed by atoms with van der Waals surface area (Å²) in [5.74, 6) is 0.0107. The molecule has 1 aliphatic rings. The number of rotatable bonds is 3. The van der Waals surface area contributed by atoms with Crippen LogP contribution < -0.4 is 0 Å². The van der Waals surface area contributed by atoms with E-state index < -0.39 is 10.0 Å². The van der Waals surface area contributed by atoms with Crippen LogP contribution in [0.4, 0.5) is 0 Å². The predicted molar refractivity (Wildman–Crippen MR) is 85.2 cm³/mol. The van der Waals surface area contributed by atoms with E-state index in [4.69, 9.17) is 0 Å². The lowest BCUT2D eigenvalue weighted by Crippen LogP contribution is -2.30. The number of sulfonamides is 1. The quantitative estimate of drug-likeness (QED) is 0.945. The summed E-state index contributed by atoms with van der Waals surface area (Å²) in [7, 11) is -3.60. The summed E-state index contributed by atoms with van der Waals surface area (Å²) in [6, 6.07) is 14.1. The van der Waals surface area contributed by atoms with Crippen LogP contribution in [0, 0.1) is 6.92 Å². The minimum absolute atomic E-state index is 0.0107. The summed E-state index contributed by atoms with van der Waals surface area (Å²) in [6.07, 6.45) is 1.66. The lowest BCUT2D eigenvalue weighted by atomic mass is 10.1. The van der Waals surface area contributed by atoms with Gasteiger partial charge in [0.2, 0.25) is 10.0 Å². The van der Waals surface area contributed by atoms with E-state index in [9.17, 15) is 13.5 Å². The van der Waals surface area contributed by atoms with E-state index in [-0.39, 0.29) is 16.7 Å². The molecule has 1 fully saturated rings. The molecule has 1 unspecified atom stereocenters. The van der Waals surface area contributed by atoms with Crippen molar-refractivity contribution in [3.63, 3.8) is 0 Å². The molecule has 0 spiro atoms. The molecule has 1 N–H and O–H groups in total. The molecule has 4 nitrogen and oxygen atoms in total. The van der Waals surface area contributed by atoms with E-state index in [1.807, 2.05) is 30.3 Å². The van der Waals surface area contributed by atoms with Gasteiger partial charge in [0.1, 0.15) is 5.75 Å². The Morgan fingerprint density at radius 1 is 1.14 bits per heavy atom. The van der Waals surface area contributed by atoms with Crippen LogP contribution in [0.3, 0.4) is 0 Å². The number of aryl methyl sites for hydroxylation is 1. The molecular formula is C17H19NO3S. The molecule has 0 radical (unpaired) electrons. The van der Waals surface area contributed by atoms with Gasteiger partial charge in [-0.15, -0.1) is 0 Å². The highest BCUT2D eigenvalue weighted by Gasteiger charge is 2.36. The van der Waals surface area contributed by atoms with E-state index in [1.54, 1.807) is 23.4 Å². The normalized spacial score (nSPS) is 19.4. The lowest BCUT2D eigenvalue weighted by Gasteiger charge is -2.24. The van der Waals surface area contributed by atoms with E-state index in [0.717, 1.165) is 18.4 Å². The number of benzene rings is 2. The fraction of sp³-hybridized carbons (Fsp3) is 0.294. The van der Waals surface area contributed by atoms with Crippen molar-refractivity contribution in [2.75, 3.05) is 6.54 Å². The standard InChI is InChI=1S/C17H19NO3S/c1-13-9-10-15(12-17(13)19)22(20,21)18-11-5-8-16(18)14-6-3-2-4-7-14/h2-4,6-7,9-10,12,16,19H,5,8,11H2,1H3. The fourth-order valence-electron chi connectivity index (χ4n) is 2.92. The highest BCUT2D eigenvalue weighted by atomic mass is 32.2. The Hall–Kier alpha value is -1.85. The van der Waals surface area contributed by atoms with Crippen LogP contribution in [0.2, 0.25) is 0 Å². The molecule has 0 bridgehead atoms. The Kier molecular flexibility index (Phi) is 3.93. The Morgan fingerprint density at radius 2 is 1.86 bits per heavy atom. The van der Waals surface area contributed by atoms with Crippen molar-refractivity contribution in [3.05, 3.63) is 59.7 Å². The van der Waals surface area contributed by atoms with Crippen molar-refractivity contribution in [2.45, 2.75) is 30.7 Å². The Bertz CT molecular complexity index is 772. The molecule has 1 atom stereocenters. The van der Waals surface area contributed by atoms with Crippen LogP contribution in [-0.4, -0.2) is 24.4 Å². The fourth-order valence-corrected chi connectivity index (χ4v) is 4.62. The zero-order valence-electron chi connectivity index (χ0n) is 12.4. The van der Waals surface area contributed by atoms with Gasteiger partial charge in [-0.1, -0.05) is 36.4 Å². The number of phenolic OH excluding ortho intramolecular Hbond substituents is 1. The van der Waals surface area contributed by atoms with Gasteiger partial charge in [0.25, 0.3) is 0 Å². The summed E-state index contributed by atoms with van der Waals surface area (Å²) >= 11 is 0. The van der Waals surface area contributed by atoms with Crippen molar-refractivity contribution >= 4 is 10.0 Å². The molecule has 5 heteroatoms.